The van der Waals surface area contributed by atoms with Crippen LogP contribution in [0.3, 0.4) is 0 Å². The number of hydrogen-bond acceptors (Lipinski definition) is 4. The van der Waals surface area contributed by atoms with Crippen LogP contribution < -0.4 is 5.73 Å². The smallest absolute Gasteiger partial charge is 0.183 e. The van der Waals surface area contributed by atoms with Gasteiger partial charge in [-0.2, -0.15) is 0 Å². The minimum Gasteiger partial charge on any atom is -0.382 e. The van der Waals surface area contributed by atoms with E-state index in [1.807, 2.05) is 0 Å². The summed E-state index contributed by atoms with van der Waals surface area (Å²) in [7, 11) is 0. The number of anilines is 1. The summed E-state index contributed by atoms with van der Waals surface area (Å²) in [5, 5.41) is 0. The number of nitrogens with one attached hydrogen (secondary N) is 1. The molecule has 0 saturated heterocycles. The summed E-state index contributed by atoms with van der Waals surface area (Å²) in [6, 6.07) is 6.29. The van der Waals surface area contributed by atoms with E-state index in [9.17, 15) is 4.39 Å². The first-order chi connectivity index (χ1) is 8.65. The molecule has 0 aliphatic heterocycles. The molecule has 1 aromatic carbocycles. The van der Waals surface area contributed by atoms with Gasteiger partial charge >= 0.3 is 0 Å². The minimum absolute atomic E-state index is 0.240. The van der Waals surface area contributed by atoms with Crippen molar-refractivity contribution in [1.29, 1.82) is 0 Å². The van der Waals surface area contributed by atoms with Crippen molar-refractivity contribution in [2.45, 2.75) is 6.92 Å². The lowest BCUT2D eigenvalue weighted by atomic mass is 10.2. The summed E-state index contributed by atoms with van der Waals surface area (Å²) in [4.78, 5) is 15.5. The third-order valence-electron chi connectivity index (χ3n) is 2.61. The molecule has 0 aliphatic rings. The van der Waals surface area contributed by atoms with Gasteiger partial charge in [0.25, 0.3) is 0 Å². The van der Waals surface area contributed by atoms with Gasteiger partial charge in [0.1, 0.15) is 17.2 Å². The average Bonchev–Trinajstić information content (AvgIpc) is 2.71. The van der Waals surface area contributed by atoms with E-state index in [1.54, 1.807) is 25.1 Å². The zero-order chi connectivity index (χ0) is 12.7. The molecule has 2 aromatic heterocycles. The number of aromatic amines is 1. The first-order valence-corrected chi connectivity index (χ1v) is 5.40. The topological polar surface area (TPSA) is 80.5 Å². The molecule has 2 heterocycles. The molecular formula is C12H10FN5. The van der Waals surface area contributed by atoms with Gasteiger partial charge in [-0.05, 0) is 19.1 Å². The fraction of sp³-hybridized carbons (Fsp3) is 0.0833. The Morgan fingerprint density at radius 2 is 1.94 bits per heavy atom. The van der Waals surface area contributed by atoms with Crippen LogP contribution in [0.2, 0.25) is 0 Å². The molecule has 0 aliphatic carbocycles. The van der Waals surface area contributed by atoms with Gasteiger partial charge in [-0.3, -0.25) is 0 Å². The number of H-pyrrole nitrogens is 1. The number of rotatable bonds is 1. The van der Waals surface area contributed by atoms with Gasteiger partial charge in [-0.25, -0.2) is 19.3 Å². The van der Waals surface area contributed by atoms with Gasteiger partial charge in [0.2, 0.25) is 0 Å². The van der Waals surface area contributed by atoms with Crippen molar-refractivity contribution < 1.29 is 4.39 Å². The summed E-state index contributed by atoms with van der Waals surface area (Å²) in [6.07, 6.45) is 0. The van der Waals surface area contributed by atoms with Crippen molar-refractivity contribution >= 4 is 17.0 Å². The van der Waals surface area contributed by atoms with Crippen LogP contribution in [-0.2, 0) is 0 Å². The van der Waals surface area contributed by atoms with Crippen molar-refractivity contribution in [2.75, 3.05) is 5.73 Å². The molecule has 5 nitrogen and oxygen atoms in total. The van der Waals surface area contributed by atoms with E-state index in [2.05, 4.69) is 19.9 Å². The molecule has 0 bridgehead atoms. The largest absolute Gasteiger partial charge is 0.382 e. The quantitative estimate of drug-likeness (QED) is 0.685. The van der Waals surface area contributed by atoms with E-state index in [4.69, 9.17) is 5.73 Å². The molecule has 6 heteroatoms. The van der Waals surface area contributed by atoms with E-state index < -0.39 is 0 Å². The Bertz CT molecular complexity index is 734. The second-order valence-electron chi connectivity index (χ2n) is 3.93. The highest BCUT2D eigenvalue weighted by Gasteiger charge is 2.12. The van der Waals surface area contributed by atoms with Crippen molar-refractivity contribution in [2.24, 2.45) is 0 Å². The molecule has 0 spiro atoms. The zero-order valence-corrected chi connectivity index (χ0v) is 9.61. The van der Waals surface area contributed by atoms with Crippen LogP contribution >= 0.6 is 0 Å². The van der Waals surface area contributed by atoms with Gasteiger partial charge in [-0.15, -0.1) is 0 Å². The Labute approximate surface area is 102 Å². The highest BCUT2D eigenvalue weighted by atomic mass is 19.1. The fourth-order valence-electron chi connectivity index (χ4n) is 1.80. The SMILES string of the molecule is Cc1nc2nc(-c3ccccc3F)nc(N)c2[nH]1. The first-order valence-electron chi connectivity index (χ1n) is 5.40. The second-order valence-corrected chi connectivity index (χ2v) is 3.93. The Balaban J connectivity index is 2.28. The maximum atomic E-state index is 13.7. The van der Waals surface area contributed by atoms with Crippen molar-refractivity contribution in [3.05, 3.63) is 35.9 Å². The number of fused-ring (bicyclic) bond motifs is 1. The van der Waals surface area contributed by atoms with Crippen LogP contribution in [0.1, 0.15) is 5.82 Å². The van der Waals surface area contributed by atoms with Crippen LogP contribution in [0, 0.1) is 12.7 Å². The predicted molar refractivity (Wildman–Crippen MR) is 66.2 cm³/mol. The molecule has 0 atom stereocenters. The van der Waals surface area contributed by atoms with E-state index in [1.165, 1.54) is 6.07 Å². The summed E-state index contributed by atoms with van der Waals surface area (Å²) in [6.45, 7) is 1.80. The standard InChI is InChI=1S/C12H10FN5/c1-6-15-9-10(14)17-11(18-12(9)16-6)7-4-2-3-5-8(7)13/h2-5H,1H3,(H3,14,15,16,17,18). The minimum atomic E-state index is -0.386. The molecule has 3 N–H and O–H groups in total. The molecule has 3 rings (SSSR count). The van der Waals surface area contributed by atoms with E-state index in [-0.39, 0.29) is 17.5 Å². The average molecular weight is 243 g/mol. The molecule has 90 valence electrons. The van der Waals surface area contributed by atoms with Crippen LogP contribution in [0.4, 0.5) is 10.2 Å². The number of benzene rings is 1. The number of aromatic nitrogens is 4. The summed E-state index contributed by atoms with van der Waals surface area (Å²) >= 11 is 0. The van der Waals surface area contributed by atoms with Gasteiger partial charge in [0.05, 0.1) is 5.56 Å². The van der Waals surface area contributed by atoms with E-state index in [0.29, 0.717) is 22.6 Å². The summed E-state index contributed by atoms with van der Waals surface area (Å²) in [5.74, 6) is 0.809. The molecule has 0 amide bonds. The number of aryl methyl sites for hydroxylation is 1. The number of nitrogens with two attached hydrogens (primary N) is 1. The van der Waals surface area contributed by atoms with Crippen molar-refractivity contribution in [3.63, 3.8) is 0 Å². The predicted octanol–water partition coefficient (Wildman–Crippen LogP) is 2.05. The van der Waals surface area contributed by atoms with Crippen molar-refractivity contribution in [3.8, 4) is 11.4 Å². The molecule has 0 fully saturated rings. The highest BCUT2D eigenvalue weighted by molar-refractivity contribution is 5.83. The fourth-order valence-corrected chi connectivity index (χ4v) is 1.80. The Morgan fingerprint density at radius 1 is 1.17 bits per heavy atom. The van der Waals surface area contributed by atoms with Gasteiger partial charge in [0, 0.05) is 0 Å². The zero-order valence-electron chi connectivity index (χ0n) is 9.61. The summed E-state index contributed by atoms with van der Waals surface area (Å²) in [5.41, 5.74) is 7.14. The monoisotopic (exact) mass is 243 g/mol. The van der Waals surface area contributed by atoms with Crippen LogP contribution in [0.15, 0.2) is 24.3 Å². The van der Waals surface area contributed by atoms with Crippen LogP contribution in [0.25, 0.3) is 22.6 Å². The van der Waals surface area contributed by atoms with Gasteiger partial charge in [-0.1, -0.05) is 12.1 Å². The lowest BCUT2D eigenvalue weighted by Gasteiger charge is -2.02. The normalized spacial score (nSPS) is 11.0. The number of hydrogen-bond donors (Lipinski definition) is 2. The first kappa shape index (κ1) is 10.6. The van der Waals surface area contributed by atoms with Crippen LogP contribution in [0.5, 0.6) is 0 Å². The lowest BCUT2D eigenvalue weighted by molar-refractivity contribution is 0.630. The number of nitrogens with zero attached hydrogens (tertiary/aromatic N) is 3. The number of imidazole rings is 1. The van der Waals surface area contributed by atoms with Crippen LogP contribution in [-0.4, -0.2) is 19.9 Å². The third-order valence-corrected chi connectivity index (χ3v) is 2.61. The third kappa shape index (κ3) is 1.58. The number of halogens is 1. The molecule has 3 aromatic rings. The maximum absolute atomic E-state index is 13.7. The Kier molecular flexibility index (Phi) is 2.22. The van der Waals surface area contributed by atoms with Gasteiger partial charge < -0.3 is 10.7 Å². The van der Waals surface area contributed by atoms with Gasteiger partial charge in [0.15, 0.2) is 17.3 Å². The Hall–Kier alpha value is -2.50. The van der Waals surface area contributed by atoms with E-state index >= 15 is 0 Å². The van der Waals surface area contributed by atoms with Crippen molar-refractivity contribution in [1.82, 2.24) is 19.9 Å². The molecule has 18 heavy (non-hydrogen) atoms. The lowest BCUT2D eigenvalue weighted by Crippen LogP contribution is -1.98. The summed E-state index contributed by atoms with van der Waals surface area (Å²) < 4.78 is 13.7. The number of nitrogen functional groups attached to an aromatic ring is 1. The second kappa shape index (κ2) is 3.76. The molecular weight excluding hydrogens is 233 g/mol. The molecule has 0 radical (unpaired) electrons. The Morgan fingerprint density at radius 3 is 2.72 bits per heavy atom. The highest BCUT2D eigenvalue weighted by Crippen LogP contribution is 2.23. The van der Waals surface area contributed by atoms with E-state index in [0.717, 1.165) is 0 Å². The molecule has 0 saturated carbocycles. The maximum Gasteiger partial charge on any atom is 0.183 e. The molecule has 0 unspecified atom stereocenters.